The zero-order chi connectivity index (χ0) is 27.5. The summed E-state index contributed by atoms with van der Waals surface area (Å²) in [6.07, 6.45) is 7.71. The molecule has 5 aromatic rings. The van der Waals surface area contributed by atoms with Gasteiger partial charge in [-0.15, -0.1) is 0 Å². The van der Waals surface area contributed by atoms with Crippen LogP contribution < -0.4 is 5.32 Å². The number of carbonyl (C=O) groups excluding carboxylic acids is 1. The van der Waals surface area contributed by atoms with E-state index in [2.05, 4.69) is 30.5 Å². The van der Waals surface area contributed by atoms with Crippen LogP contribution in [0.15, 0.2) is 66.1 Å². The summed E-state index contributed by atoms with van der Waals surface area (Å²) in [5.41, 5.74) is 6.37. The number of aromatic amines is 2. The van der Waals surface area contributed by atoms with Crippen LogP contribution >= 0.6 is 0 Å². The molecule has 0 saturated heterocycles. The normalized spacial score (nSPS) is 13.1. The molecule has 1 atom stereocenters. The number of hydrogen-bond donors (Lipinski definition) is 3. The average Bonchev–Trinajstić information content (AvgIpc) is 3.55. The van der Waals surface area contributed by atoms with Gasteiger partial charge in [0.2, 0.25) is 5.91 Å². The second kappa shape index (κ2) is 11.0. The van der Waals surface area contributed by atoms with E-state index < -0.39 is 0 Å². The Kier molecular flexibility index (Phi) is 7.31. The van der Waals surface area contributed by atoms with Gasteiger partial charge < -0.3 is 10.3 Å². The summed E-state index contributed by atoms with van der Waals surface area (Å²) in [6.45, 7) is 7.74. The van der Waals surface area contributed by atoms with Gasteiger partial charge in [-0.05, 0) is 54.3 Å². The Labute approximate surface area is 225 Å². The summed E-state index contributed by atoms with van der Waals surface area (Å²) in [4.78, 5) is 29.0. The number of benzene rings is 2. The van der Waals surface area contributed by atoms with Gasteiger partial charge in [-0.2, -0.15) is 5.10 Å². The molecule has 0 spiro atoms. The smallest absolute Gasteiger partial charge is 0.223 e. The van der Waals surface area contributed by atoms with Crippen LogP contribution in [0.4, 0.5) is 4.39 Å². The van der Waals surface area contributed by atoms with Crippen molar-refractivity contribution in [3.63, 3.8) is 0 Å². The van der Waals surface area contributed by atoms with Gasteiger partial charge in [-0.3, -0.25) is 19.9 Å². The third-order valence-electron chi connectivity index (χ3n) is 6.60. The molecular weight excluding hydrogens is 493 g/mol. The van der Waals surface area contributed by atoms with Gasteiger partial charge in [-0.1, -0.05) is 39.0 Å². The number of pyridine rings is 1. The lowest BCUT2D eigenvalue weighted by Crippen LogP contribution is -2.37. The molecule has 0 saturated carbocycles. The monoisotopic (exact) mass is 523 g/mol. The van der Waals surface area contributed by atoms with Crippen molar-refractivity contribution >= 4 is 39.6 Å². The fraction of sp³-hybridized carbons (Fsp3) is 0.233. The van der Waals surface area contributed by atoms with Crippen molar-refractivity contribution in [1.82, 2.24) is 30.5 Å². The molecule has 0 radical (unpaired) electrons. The lowest BCUT2D eigenvalue weighted by molar-refractivity contribution is -0.124. The predicted octanol–water partition coefficient (Wildman–Crippen LogP) is 6.29. The first-order chi connectivity index (χ1) is 18.8. The summed E-state index contributed by atoms with van der Waals surface area (Å²) >= 11 is 0. The minimum absolute atomic E-state index is 0.0105. The Hall–Kier alpha value is -4.66. The Balaban J connectivity index is 1.46. The first-order valence-corrected chi connectivity index (χ1v) is 12.9. The molecule has 0 fully saturated rings. The highest BCUT2D eigenvalue weighted by Gasteiger charge is 2.16. The van der Waals surface area contributed by atoms with E-state index in [1.54, 1.807) is 30.9 Å². The van der Waals surface area contributed by atoms with E-state index in [1.165, 1.54) is 12.1 Å². The summed E-state index contributed by atoms with van der Waals surface area (Å²) in [6, 6.07) is 12.3. The van der Waals surface area contributed by atoms with E-state index >= 15 is 0 Å². The highest BCUT2D eigenvalue weighted by molar-refractivity contribution is 5.97. The fourth-order valence-corrected chi connectivity index (χ4v) is 4.28. The number of aromatic nitrogens is 5. The number of nitrogens with zero attached hydrogens (tertiary/aromatic N) is 4. The number of amides is 1. The number of nitrogens with one attached hydrogen (secondary N) is 3. The maximum atomic E-state index is 13.9. The van der Waals surface area contributed by atoms with Crippen LogP contribution in [0.25, 0.3) is 50.2 Å². The molecule has 0 bridgehead atoms. The maximum absolute atomic E-state index is 13.9. The van der Waals surface area contributed by atoms with Crippen molar-refractivity contribution in [1.29, 1.82) is 0 Å². The lowest BCUT2D eigenvalue weighted by Gasteiger charge is -2.13. The predicted molar refractivity (Wildman–Crippen MR) is 154 cm³/mol. The summed E-state index contributed by atoms with van der Waals surface area (Å²) in [7, 11) is 0. The molecule has 8 nitrogen and oxygen atoms in total. The zero-order valence-corrected chi connectivity index (χ0v) is 22.3. The molecule has 3 N–H and O–H groups in total. The van der Waals surface area contributed by atoms with Crippen LogP contribution in [0.3, 0.4) is 0 Å². The third-order valence-corrected chi connectivity index (χ3v) is 6.60. The number of allylic oxidation sites excluding steroid dienone is 1. The highest BCUT2D eigenvalue weighted by Crippen LogP contribution is 2.32. The van der Waals surface area contributed by atoms with Gasteiger partial charge in [0.1, 0.15) is 11.5 Å². The quantitative estimate of drug-likeness (QED) is 0.208. The second-order valence-corrected chi connectivity index (χ2v) is 9.80. The number of fused-ring (bicyclic) bond motifs is 2. The number of hydrogen-bond acceptors (Lipinski definition) is 5. The lowest BCUT2D eigenvalue weighted by atomic mass is 10.0. The molecule has 198 valence electrons. The second-order valence-electron chi connectivity index (χ2n) is 9.80. The SMILES string of the molecule is CCC(/C=N\C=C(/C)c1ccc2[nH]nc(-c3nc4c(-c5cccc(F)c5)cncc4[nH]3)c2c1)NC(=O)C(C)C. The van der Waals surface area contributed by atoms with Crippen LogP contribution in [0, 0.1) is 11.7 Å². The van der Waals surface area contributed by atoms with Crippen LogP contribution in [0.1, 0.15) is 39.7 Å². The molecule has 9 heteroatoms. The van der Waals surface area contributed by atoms with E-state index in [0.717, 1.165) is 39.5 Å². The van der Waals surface area contributed by atoms with Crippen LogP contribution in [-0.4, -0.2) is 43.3 Å². The van der Waals surface area contributed by atoms with E-state index in [-0.39, 0.29) is 23.7 Å². The highest BCUT2D eigenvalue weighted by atomic mass is 19.1. The molecule has 1 amide bonds. The minimum atomic E-state index is -0.315. The Bertz CT molecular complexity index is 1710. The number of halogens is 1. The van der Waals surface area contributed by atoms with Crippen LogP contribution in [-0.2, 0) is 4.79 Å². The van der Waals surface area contributed by atoms with E-state index in [0.29, 0.717) is 22.6 Å². The molecule has 3 aromatic heterocycles. The standard InChI is InChI=1S/C30H30FN7O/c1-5-22(34-30(39)17(2)3)14-32-13-18(4)19-9-10-25-23(12-19)28(38-37-25)29-35-26-16-33-15-24(27(26)36-29)20-7-6-8-21(31)11-20/h6-17,22H,5H2,1-4H3,(H,34,39)(H,35,36)(H,37,38)/b18-13+,32-14-. The first-order valence-electron chi connectivity index (χ1n) is 12.9. The average molecular weight is 524 g/mol. The van der Waals surface area contributed by atoms with Crippen LogP contribution in [0.5, 0.6) is 0 Å². The van der Waals surface area contributed by atoms with Crippen molar-refractivity contribution in [2.45, 2.75) is 40.2 Å². The topological polar surface area (TPSA) is 112 Å². The van der Waals surface area contributed by atoms with Crippen molar-refractivity contribution in [3.05, 3.63) is 72.4 Å². The summed E-state index contributed by atoms with van der Waals surface area (Å²) in [5.74, 6) is 0.211. The molecular formula is C30H30FN7O. The molecule has 39 heavy (non-hydrogen) atoms. The van der Waals surface area contributed by atoms with E-state index in [9.17, 15) is 9.18 Å². The van der Waals surface area contributed by atoms with Gasteiger partial charge in [0.25, 0.3) is 0 Å². The largest absolute Gasteiger partial charge is 0.348 e. The molecule has 0 aliphatic heterocycles. The zero-order valence-electron chi connectivity index (χ0n) is 22.3. The molecule has 2 aromatic carbocycles. The van der Waals surface area contributed by atoms with E-state index in [1.807, 2.05) is 52.0 Å². The fourth-order valence-electron chi connectivity index (χ4n) is 4.28. The Morgan fingerprint density at radius 1 is 1.15 bits per heavy atom. The Morgan fingerprint density at radius 2 is 2.00 bits per heavy atom. The molecule has 1 unspecified atom stereocenters. The van der Waals surface area contributed by atoms with Crippen molar-refractivity contribution < 1.29 is 9.18 Å². The number of carbonyl (C=O) groups is 1. The minimum Gasteiger partial charge on any atom is -0.348 e. The van der Waals surface area contributed by atoms with Gasteiger partial charge >= 0.3 is 0 Å². The number of rotatable bonds is 8. The maximum Gasteiger partial charge on any atom is 0.223 e. The number of aliphatic imine (C=N–C) groups is 1. The van der Waals surface area contributed by atoms with Crippen molar-refractivity contribution in [3.8, 4) is 22.6 Å². The number of H-pyrrole nitrogens is 2. The number of imidazole rings is 1. The Morgan fingerprint density at radius 3 is 2.77 bits per heavy atom. The van der Waals surface area contributed by atoms with E-state index in [4.69, 9.17) is 4.98 Å². The third kappa shape index (κ3) is 5.47. The van der Waals surface area contributed by atoms with Gasteiger partial charge in [0, 0.05) is 35.5 Å². The van der Waals surface area contributed by atoms with Crippen molar-refractivity contribution in [2.75, 3.05) is 0 Å². The summed E-state index contributed by atoms with van der Waals surface area (Å²) in [5, 5.41) is 11.5. The molecule has 0 aliphatic carbocycles. The summed E-state index contributed by atoms with van der Waals surface area (Å²) < 4.78 is 13.9. The van der Waals surface area contributed by atoms with Crippen LogP contribution in [0.2, 0.25) is 0 Å². The van der Waals surface area contributed by atoms with Gasteiger partial charge in [0.05, 0.1) is 28.8 Å². The molecule has 5 rings (SSSR count). The molecule has 0 aliphatic rings. The molecule has 3 heterocycles. The first kappa shape index (κ1) is 26.0. The van der Waals surface area contributed by atoms with Gasteiger partial charge in [0.15, 0.2) is 5.82 Å². The van der Waals surface area contributed by atoms with Gasteiger partial charge in [-0.25, -0.2) is 9.37 Å². The van der Waals surface area contributed by atoms with Crippen molar-refractivity contribution in [2.24, 2.45) is 10.9 Å².